The number of likely N-dealkylation sites (N-methyl/N-ethyl adjacent to an activating group) is 1. The molecule has 2 rings (SSSR count). The lowest BCUT2D eigenvalue weighted by atomic mass is 10.2. The molecule has 0 radical (unpaired) electrons. The monoisotopic (exact) mass is 319 g/mol. The van der Waals surface area contributed by atoms with Gasteiger partial charge in [0.15, 0.2) is 0 Å². The third kappa shape index (κ3) is 4.85. The first-order valence-electron chi connectivity index (χ1n) is 6.84. The first-order chi connectivity index (χ1) is 10.7. The van der Waals surface area contributed by atoms with E-state index in [1.54, 1.807) is 29.8 Å². The van der Waals surface area contributed by atoms with E-state index in [2.05, 4.69) is 15.6 Å². The molecule has 22 heavy (non-hydrogen) atoms. The molecule has 0 bridgehead atoms. The van der Waals surface area contributed by atoms with Crippen molar-refractivity contribution < 1.29 is 14.3 Å². The molecular weight excluding hydrogens is 302 g/mol. The highest BCUT2D eigenvalue weighted by atomic mass is 32.1. The van der Waals surface area contributed by atoms with Gasteiger partial charge in [0.25, 0.3) is 5.91 Å². The van der Waals surface area contributed by atoms with Gasteiger partial charge in [-0.05, 0) is 25.1 Å². The molecule has 2 aromatic rings. The van der Waals surface area contributed by atoms with Crippen molar-refractivity contribution in [1.82, 2.24) is 15.6 Å². The van der Waals surface area contributed by atoms with Gasteiger partial charge in [-0.15, -0.1) is 11.3 Å². The smallest absolute Gasteiger partial charge is 0.251 e. The molecule has 1 aromatic carbocycles. The third-order valence-corrected chi connectivity index (χ3v) is 3.39. The number of rotatable bonds is 7. The van der Waals surface area contributed by atoms with Crippen LogP contribution in [-0.2, 0) is 11.4 Å². The summed E-state index contributed by atoms with van der Waals surface area (Å²) in [5.41, 5.74) is 3.03. The molecule has 1 aromatic heterocycles. The van der Waals surface area contributed by atoms with Gasteiger partial charge in [-0.1, -0.05) is 6.07 Å². The summed E-state index contributed by atoms with van der Waals surface area (Å²) >= 11 is 1.50. The molecule has 1 heterocycles. The molecule has 6 nitrogen and oxygen atoms in total. The number of ether oxygens (including phenoxy) is 1. The maximum Gasteiger partial charge on any atom is 0.251 e. The Balaban J connectivity index is 1.89. The molecule has 0 spiro atoms. The van der Waals surface area contributed by atoms with E-state index in [-0.39, 0.29) is 18.4 Å². The van der Waals surface area contributed by atoms with E-state index < -0.39 is 0 Å². The van der Waals surface area contributed by atoms with Crippen LogP contribution in [0.1, 0.15) is 23.0 Å². The zero-order valence-corrected chi connectivity index (χ0v) is 13.0. The molecule has 0 unspecified atom stereocenters. The van der Waals surface area contributed by atoms with Crippen molar-refractivity contribution in [3.05, 3.63) is 46.4 Å². The standard InChI is InChI=1S/C15H17N3O3S/c1-2-16-14(19)7-17-15(20)11-4-3-5-13(6-11)21-8-12-9-22-10-18-12/h3-6,9-10H,2,7-8H2,1H3,(H,16,19)(H,17,20). The summed E-state index contributed by atoms with van der Waals surface area (Å²) < 4.78 is 5.59. The highest BCUT2D eigenvalue weighted by Gasteiger charge is 2.08. The van der Waals surface area contributed by atoms with Gasteiger partial charge in [-0.3, -0.25) is 9.59 Å². The predicted octanol–water partition coefficient (Wildman–Crippen LogP) is 1.59. The van der Waals surface area contributed by atoms with E-state index in [4.69, 9.17) is 4.74 Å². The second-order valence-electron chi connectivity index (χ2n) is 4.43. The highest BCUT2D eigenvalue weighted by molar-refractivity contribution is 7.07. The minimum Gasteiger partial charge on any atom is -0.487 e. The van der Waals surface area contributed by atoms with Crippen LogP contribution < -0.4 is 15.4 Å². The Labute approximate surface area is 132 Å². The molecule has 7 heteroatoms. The summed E-state index contributed by atoms with van der Waals surface area (Å²) in [6.07, 6.45) is 0. The molecule has 0 aliphatic heterocycles. The van der Waals surface area contributed by atoms with Gasteiger partial charge in [-0.25, -0.2) is 4.98 Å². The van der Waals surface area contributed by atoms with Gasteiger partial charge < -0.3 is 15.4 Å². The second kappa shape index (κ2) is 8.14. The molecule has 2 amide bonds. The zero-order chi connectivity index (χ0) is 15.8. The number of benzene rings is 1. The number of carbonyl (C=O) groups excluding carboxylic acids is 2. The molecule has 0 atom stereocenters. The highest BCUT2D eigenvalue weighted by Crippen LogP contribution is 2.15. The van der Waals surface area contributed by atoms with Crippen LogP contribution in [0.2, 0.25) is 0 Å². The summed E-state index contributed by atoms with van der Waals surface area (Å²) in [6.45, 7) is 2.67. The number of thiazole rings is 1. The number of amides is 2. The lowest BCUT2D eigenvalue weighted by Gasteiger charge is -2.08. The lowest BCUT2D eigenvalue weighted by Crippen LogP contribution is -2.36. The Hall–Kier alpha value is -2.41. The first kappa shape index (κ1) is 16.0. The molecular formula is C15H17N3O3S. The fourth-order valence-electron chi connectivity index (χ4n) is 1.72. The maximum atomic E-state index is 12.0. The van der Waals surface area contributed by atoms with Crippen LogP contribution in [0.15, 0.2) is 35.2 Å². The van der Waals surface area contributed by atoms with Crippen LogP contribution >= 0.6 is 11.3 Å². The largest absolute Gasteiger partial charge is 0.487 e. The summed E-state index contributed by atoms with van der Waals surface area (Å²) in [5.74, 6) is 0.0517. The average Bonchev–Trinajstić information content (AvgIpc) is 3.04. The number of carbonyl (C=O) groups is 2. The van der Waals surface area contributed by atoms with E-state index in [1.165, 1.54) is 11.3 Å². The van der Waals surface area contributed by atoms with E-state index in [1.807, 2.05) is 12.3 Å². The summed E-state index contributed by atoms with van der Waals surface area (Å²) in [6, 6.07) is 6.81. The Morgan fingerprint density at radius 1 is 1.32 bits per heavy atom. The molecule has 0 saturated heterocycles. The van der Waals surface area contributed by atoms with E-state index in [9.17, 15) is 9.59 Å². The van der Waals surface area contributed by atoms with Gasteiger partial charge in [-0.2, -0.15) is 0 Å². The van der Waals surface area contributed by atoms with Crippen LogP contribution in [0.25, 0.3) is 0 Å². The van der Waals surface area contributed by atoms with E-state index in [0.29, 0.717) is 24.5 Å². The van der Waals surface area contributed by atoms with Crippen molar-refractivity contribution in [2.75, 3.05) is 13.1 Å². The van der Waals surface area contributed by atoms with Crippen LogP contribution in [0, 0.1) is 0 Å². The molecule has 0 fully saturated rings. The van der Waals surface area contributed by atoms with Crippen LogP contribution in [0.5, 0.6) is 5.75 Å². The van der Waals surface area contributed by atoms with Crippen molar-refractivity contribution in [2.45, 2.75) is 13.5 Å². The molecule has 2 N–H and O–H groups in total. The molecule has 0 aliphatic rings. The fourth-order valence-corrected chi connectivity index (χ4v) is 2.26. The molecule has 0 aliphatic carbocycles. The topological polar surface area (TPSA) is 80.3 Å². The predicted molar refractivity (Wildman–Crippen MR) is 83.9 cm³/mol. The van der Waals surface area contributed by atoms with Gasteiger partial charge in [0.2, 0.25) is 5.91 Å². The number of aromatic nitrogens is 1. The SMILES string of the molecule is CCNC(=O)CNC(=O)c1cccc(OCc2cscn2)c1. The minimum atomic E-state index is -0.314. The Morgan fingerprint density at radius 3 is 2.91 bits per heavy atom. The molecule has 116 valence electrons. The zero-order valence-electron chi connectivity index (χ0n) is 12.2. The van der Waals surface area contributed by atoms with Crippen molar-refractivity contribution in [1.29, 1.82) is 0 Å². The number of nitrogens with zero attached hydrogens (tertiary/aromatic N) is 1. The van der Waals surface area contributed by atoms with E-state index in [0.717, 1.165) is 5.69 Å². The number of hydrogen-bond acceptors (Lipinski definition) is 5. The van der Waals surface area contributed by atoms with Crippen molar-refractivity contribution >= 4 is 23.2 Å². The summed E-state index contributed by atoms with van der Waals surface area (Å²) in [4.78, 5) is 27.4. The fraction of sp³-hybridized carbons (Fsp3) is 0.267. The summed E-state index contributed by atoms with van der Waals surface area (Å²) in [7, 11) is 0. The van der Waals surface area contributed by atoms with E-state index >= 15 is 0 Å². The lowest BCUT2D eigenvalue weighted by molar-refractivity contribution is -0.120. The van der Waals surface area contributed by atoms with Gasteiger partial charge in [0.05, 0.1) is 17.7 Å². The minimum absolute atomic E-state index is 0.0451. The van der Waals surface area contributed by atoms with Gasteiger partial charge >= 0.3 is 0 Å². The third-order valence-electron chi connectivity index (χ3n) is 2.75. The van der Waals surface area contributed by atoms with Crippen molar-refractivity contribution in [3.63, 3.8) is 0 Å². The normalized spacial score (nSPS) is 10.0. The Morgan fingerprint density at radius 2 is 2.18 bits per heavy atom. The maximum absolute atomic E-state index is 12.0. The van der Waals surface area contributed by atoms with Gasteiger partial charge in [0, 0.05) is 17.5 Å². The van der Waals surface area contributed by atoms with Crippen molar-refractivity contribution in [2.24, 2.45) is 0 Å². The Kier molecular flexibility index (Phi) is 5.91. The summed E-state index contributed by atoms with van der Waals surface area (Å²) in [5, 5.41) is 7.08. The average molecular weight is 319 g/mol. The van der Waals surface area contributed by atoms with Crippen LogP contribution in [0.3, 0.4) is 0 Å². The molecule has 0 saturated carbocycles. The first-order valence-corrected chi connectivity index (χ1v) is 7.78. The Bertz CT molecular complexity index is 629. The second-order valence-corrected chi connectivity index (χ2v) is 5.15. The van der Waals surface area contributed by atoms with Crippen LogP contribution in [-0.4, -0.2) is 29.9 Å². The number of nitrogens with one attached hydrogen (secondary N) is 2. The van der Waals surface area contributed by atoms with Crippen LogP contribution in [0.4, 0.5) is 0 Å². The van der Waals surface area contributed by atoms with Crippen molar-refractivity contribution in [3.8, 4) is 5.75 Å². The van der Waals surface area contributed by atoms with Gasteiger partial charge in [0.1, 0.15) is 12.4 Å². The quantitative estimate of drug-likeness (QED) is 0.812. The number of hydrogen-bond donors (Lipinski definition) is 2.